The predicted molar refractivity (Wildman–Crippen MR) is 47.3 cm³/mol. The van der Waals surface area contributed by atoms with Crippen molar-refractivity contribution in [3.63, 3.8) is 0 Å². The van der Waals surface area contributed by atoms with E-state index in [0.29, 0.717) is 11.0 Å². The maximum Gasteiger partial charge on any atom is 0.256 e. The van der Waals surface area contributed by atoms with Gasteiger partial charge in [-0.2, -0.15) is 0 Å². The topological polar surface area (TPSA) is 52.1 Å². The third-order valence-electron chi connectivity index (χ3n) is 1.43. The molecule has 0 radical (unpaired) electrons. The van der Waals surface area contributed by atoms with Crippen molar-refractivity contribution in [1.29, 1.82) is 0 Å². The molecule has 68 valence electrons. The Hall–Kier alpha value is -1.23. The van der Waals surface area contributed by atoms with Crippen LogP contribution < -0.4 is 0 Å². The fraction of sp³-hybridized carbons (Fsp3) is 0.250. The summed E-state index contributed by atoms with van der Waals surface area (Å²) < 4.78 is 10.1. The number of aromatic nitrogens is 2. The number of nitrogens with zero attached hydrogens (tertiary/aromatic N) is 2. The van der Waals surface area contributed by atoms with Gasteiger partial charge in [-0.1, -0.05) is 16.9 Å². The number of aryl methyl sites for hydroxylation is 1. The van der Waals surface area contributed by atoms with Crippen molar-refractivity contribution >= 4 is 11.8 Å². The molecule has 5 heteroatoms. The smallest absolute Gasteiger partial charge is 0.256 e. The van der Waals surface area contributed by atoms with E-state index in [9.17, 15) is 0 Å². The summed E-state index contributed by atoms with van der Waals surface area (Å²) >= 11 is 1.49. The Morgan fingerprint density at radius 2 is 2.46 bits per heavy atom. The Morgan fingerprint density at radius 3 is 3.08 bits per heavy atom. The quantitative estimate of drug-likeness (QED) is 0.705. The molecule has 0 aliphatic carbocycles. The first-order chi connectivity index (χ1) is 6.34. The van der Waals surface area contributed by atoms with Gasteiger partial charge in [-0.15, -0.1) is 0 Å². The molecule has 0 bridgehead atoms. The molecular formula is C8H8N2O2S. The van der Waals surface area contributed by atoms with Crippen molar-refractivity contribution < 1.29 is 8.94 Å². The van der Waals surface area contributed by atoms with Gasteiger partial charge in [0, 0.05) is 6.07 Å². The van der Waals surface area contributed by atoms with E-state index < -0.39 is 0 Å². The first kappa shape index (κ1) is 8.37. The Bertz CT molecular complexity index is 369. The molecule has 2 heterocycles. The van der Waals surface area contributed by atoms with Crippen LogP contribution in [0.15, 0.2) is 32.7 Å². The van der Waals surface area contributed by atoms with Gasteiger partial charge in [-0.25, -0.2) is 4.98 Å². The fourth-order valence-corrected chi connectivity index (χ4v) is 1.59. The predicted octanol–water partition coefficient (Wildman–Crippen LogP) is 2.26. The van der Waals surface area contributed by atoms with E-state index in [1.165, 1.54) is 11.8 Å². The molecule has 0 aromatic carbocycles. The molecule has 13 heavy (non-hydrogen) atoms. The zero-order valence-electron chi connectivity index (χ0n) is 7.06. The van der Waals surface area contributed by atoms with E-state index in [-0.39, 0.29) is 0 Å². The molecule has 0 amide bonds. The van der Waals surface area contributed by atoms with E-state index in [2.05, 4.69) is 10.1 Å². The lowest BCUT2D eigenvalue weighted by Gasteiger charge is -1.89. The minimum Gasteiger partial charge on any atom is -0.440 e. The van der Waals surface area contributed by atoms with Crippen LogP contribution in [0.3, 0.4) is 0 Å². The number of thioether (sulfide) groups is 1. The first-order valence-corrected chi connectivity index (χ1v) is 4.77. The maximum absolute atomic E-state index is 5.15. The lowest BCUT2D eigenvalue weighted by atomic mass is 10.5. The third kappa shape index (κ3) is 2.12. The van der Waals surface area contributed by atoms with E-state index >= 15 is 0 Å². The van der Waals surface area contributed by atoms with E-state index in [0.717, 1.165) is 11.5 Å². The second-order valence-electron chi connectivity index (χ2n) is 2.52. The summed E-state index contributed by atoms with van der Waals surface area (Å²) in [5.74, 6) is 1.51. The SMILES string of the molecule is Cc1coc(SCc2ccno2)n1. The summed E-state index contributed by atoms with van der Waals surface area (Å²) in [6, 6.07) is 1.82. The molecule has 0 aliphatic rings. The van der Waals surface area contributed by atoms with Gasteiger partial charge in [0.25, 0.3) is 5.22 Å². The lowest BCUT2D eigenvalue weighted by Crippen LogP contribution is -1.76. The van der Waals surface area contributed by atoms with E-state index in [1.54, 1.807) is 12.5 Å². The molecule has 0 unspecified atom stereocenters. The van der Waals surface area contributed by atoms with Crippen LogP contribution in [0.2, 0.25) is 0 Å². The number of oxazole rings is 1. The van der Waals surface area contributed by atoms with Crippen molar-refractivity contribution in [1.82, 2.24) is 10.1 Å². The highest BCUT2D eigenvalue weighted by atomic mass is 32.2. The summed E-state index contributed by atoms with van der Waals surface area (Å²) in [6.07, 6.45) is 3.25. The number of hydrogen-bond acceptors (Lipinski definition) is 5. The Morgan fingerprint density at radius 1 is 1.54 bits per heavy atom. The molecule has 0 spiro atoms. The summed E-state index contributed by atoms with van der Waals surface area (Å²) in [7, 11) is 0. The highest BCUT2D eigenvalue weighted by Gasteiger charge is 2.03. The monoisotopic (exact) mass is 196 g/mol. The van der Waals surface area contributed by atoms with Crippen LogP contribution in [0.5, 0.6) is 0 Å². The summed E-state index contributed by atoms with van der Waals surface area (Å²) in [5.41, 5.74) is 0.889. The zero-order chi connectivity index (χ0) is 9.10. The molecule has 0 aliphatic heterocycles. The molecule has 0 atom stereocenters. The molecule has 0 saturated carbocycles. The molecular weight excluding hydrogens is 188 g/mol. The van der Waals surface area contributed by atoms with Crippen LogP contribution >= 0.6 is 11.8 Å². The summed E-state index contributed by atoms with van der Waals surface area (Å²) in [5, 5.41) is 4.26. The van der Waals surface area contributed by atoms with Gasteiger partial charge in [0.1, 0.15) is 12.0 Å². The largest absolute Gasteiger partial charge is 0.440 e. The normalized spacial score (nSPS) is 10.5. The van der Waals surface area contributed by atoms with Gasteiger partial charge in [0.15, 0.2) is 0 Å². The van der Waals surface area contributed by atoms with Crippen molar-refractivity contribution in [3.8, 4) is 0 Å². The Labute approximate surface area is 79.3 Å². The molecule has 0 N–H and O–H groups in total. The van der Waals surface area contributed by atoms with Crippen LogP contribution in [-0.2, 0) is 5.75 Å². The minimum atomic E-state index is 0.661. The zero-order valence-corrected chi connectivity index (χ0v) is 7.87. The Balaban J connectivity index is 1.93. The first-order valence-electron chi connectivity index (χ1n) is 3.79. The van der Waals surface area contributed by atoms with Crippen molar-refractivity contribution in [2.45, 2.75) is 17.9 Å². The van der Waals surface area contributed by atoms with Crippen molar-refractivity contribution in [3.05, 3.63) is 30.0 Å². The molecule has 2 aromatic heterocycles. The maximum atomic E-state index is 5.15. The second kappa shape index (κ2) is 3.66. The average Bonchev–Trinajstić information content (AvgIpc) is 2.71. The molecule has 2 aromatic rings. The number of hydrogen-bond donors (Lipinski definition) is 0. The number of rotatable bonds is 3. The van der Waals surface area contributed by atoms with Crippen LogP contribution in [-0.4, -0.2) is 10.1 Å². The van der Waals surface area contributed by atoms with Gasteiger partial charge >= 0.3 is 0 Å². The van der Waals surface area contributed by atoms with Gasteiger partial charge in [-0.3, -0.25) is 0 Å². The van der Waals surface area contributed by atoms with Gasteiger partial charge < -0.3 is 8.94 Å². The van der Waals surface area contributed by atoms with Crippen LogP contribution in [0.4, 0.5) is 0 Å². The summed E-state index contributed by atoms with van der Waals surface area (Å²) in [4.78, 5) is 4.14. The third-order valence-corrected chi connectivity index (χ3v) is 2.29. The van der Waals surface area contributed by atoms with Crippen molar-refractivity contribution in [2.75, 3.05) is 0 Å². The average molecular weight is 196 g/mol. The van der Waals surface area contributed by atoms with Crippen molar-refractivity contribution in [2.24, 2.45) is 0 Å². The summed E-state index contributed by atoms with van der Waals surface area (Å²) in [6.45, 7) is 1.89. The fourth-order valence-electron chi connectivity index (χ4n) is 0.848. The molecule has 0 fully saturated rings. The second-order valence-corrected chi connectivity index (χ2v) is 3.45. The minimum absolute atomic E-state index is 0.661. The van der Waals surface area contributed by atoms with E-state index in [1.807, 2.05) is 13.0 Å². The standard InChI is InChI=1S/C8H8N2O2S/c1-6-4-11-8(10-6)13-5-7-2-3-9-12-7/h2-4H,5H2,1H3. The molecule has 0 saturated heterocycles. The molecule has 2 rings (SSSR count). The Kier molecular flexibility index (Phi) is 2.35. The van der Waals surface area contributed by atoms with Crippen LogP contribution in [0.1, 0.15) is 11.5 Å². The molecule has 4 nitrogen and oxygen atoms in total. The van der Waals surface area contributed by atoms with E-state index in [4.69, 9.17) is 8.94 Å². The van der Waals surface area contributed by atoms with Gasteiger partial charge in [0.05, 0.1) is 17.6 Å². The lowest BCUT2D eigenvalue weighted by molar-refractivity contribution is 0.394. The van der Waals surface area contributed by atoms with Gasteiger partial charge in [0.2, 0.25) is 0 Å². The highest BCUT2D eigenvalue weighted by Crippen LogP contribution is 2.21. The van der Waals surface area contributed by atoms with Crippen LogP contribution in [0, 0.1) is 6.92 Å². The van der Waals surface area contributed by atoms with Crippen LogP contribution in [0.25, 0.3) is 0 Å². The van der Waals surface area contributed by atoms with Gasteiger partial charge in [-0.05, 0) is 6.92 Å². The highest BCUT2D eigenvalue weighted by molar-refractivity contribution is 7.98.